The smallest absolute Gasteiger partial charge is 0.456 e. The van der Waals surface area contributed by atoms with Gasteiger partial charge in [0.2, 0.25) is 0 Å². The van der Waals surface area contributed by atoms with Crippen LogP contribution < -0.4 is 0 Å². The van der Waals surface area contributed by atoms with Crippen LogP contribution in [-0.2, 0) is 19.0 Å². The van der Waals surface area contributed by atoms with Crippen molar-refractivity contribution in [2.24, 2.45) is 0 Å². The van der Waals surface area contributed by atoms with E-state index in [1.165, 1.54) is 11.3 Å². The van der Waals surface area contributed by atoms with E-state index in [1.54, 1.807) is 25.3 Å². The molecular weight excluding hydrogens is 268 g/mol. The van der Waals surface area contributed by atoms with Gasteiger partial charge in [0.15, 0.2) is 6.10 Å². The quantitative estimate of drug-likeness (QED) is 0.482. The lowest BCUT2D eigenvalue weighted by Gasteiger charge is -2.10. The minimum atomic E-state index is -0.838. The third-order valence-electron chi connectivity index (χ3n) is 1.90. The Morgan fingerprint density at radius 1 is 1.32 bits per heavy atom. The molecule has 0 aromatic carbocycles. The normalized spacial score (nSPS) is 10.8. The molecule has 102 valence electrons. The van der Waals surface area contributed by atoms with E-state index in [-0.39, 0.29) is 13.2 Å². The van der Waals surface area contributed by atoms with Crippen LogP contribution in [0.5, 0.6) is 0 Å². The predicted molar refractivity (Wildman–Crippen MR) is 69.6 cm³/mol. The first kappa shape index (κ1) is 15.1. The maximum atomic E-state index is 11.3. The summed E-state index contributed by atoms with van der Waals surface area (Å²) in [5, 5.41) is 3.60. The first-order valence-electron chi connectivity index (χ1n) is 5.71. The number of thiophene rings is 1. The van der Waals surface area contributed by atoms with Gasteiger partial charge in [0.05, 0.1) is 13.2 Å². The number of hydrogen-bond acceptors (Lipinski definition) is 6. The van der Waals surface area contributed by atoms with Crippen molar-refractivity contribution in [2.45, 2.75) is 20.0 Å². The molecule has 0 N–H and O–H groups in total. The van der Waals surface area contributed by atoms with E-state index in [9.17, 15) is 9.59 Å². The Balaban J connectivity index is 2.76. The minimum Gasteiger partial charge on any atom is -0.456 e. The van der Waals surface area contributed by atoms with Gasteiger partial charge >= 0.3 is 12.1 Å². The molecule has 1 rings (SSSR count). The lowest BCUT2D eigenvalue weighted by atomic mass is 10.2. The number of esters is 1. The Morgan fingerprint density at radius 2 is 2.05 bits per heavy atom. The van der Waals surface area contributed by atoms with Crippen molar-refractivity contribution in [2.75, 3.05) is 13.2 Å². The molecule has 1 atom stereocenters. The molecule has 0 spiro atoms. The highest BCUT2D eigenvalue weighted by Gasteiger charge is 2.15. The fourth-order valence-electron chi connectivity index (χ4n) is 1.14. The monoisotopic (exact) mass is 282 g/mol. The third kappa shape index (κ3) is 5.44. The third-order valence-corrected chi connectivity index (χ3v) is 2.60. The predicted octanol–water partition coefficient (Wildman–Crippen LogP) is 2.53. The molecule has 1 heterocycles. The van der Waals surface area contributed by atoms with E-state index >= 15 is 0 Å². The second-order valence-corrected chi connectivity index (χ2v) is 4.01. The number of hydrogen-bond donors (Lipinski definition) is 0. The number of ether oxygens (including phenoxy) is 3. The average Bonchev–Trinajstić information content (AvgIpc) is 2.89. The average molecular weight is 282 g/mol. The van der Waals surface area contributed by atoms with Crippen LogP contribution in [-0.4, -0.2) is 25.3 Å². The van der Waals surface area contributed by atoms with E-state index in [2.05, 4.69) is 21.3 Å². The zero-order valence-corrected chi connectivity index (χ0v) is 11.5. The van der Waals surface area contributed by atoms with Gasteiger partial charge in [0.25, 0.3) is 0 Å². The molecule has 0 saturated carbocycles. The van der Waals surface area contributed by atoms with Gasteiger partial charge in [0.1, 0.15) is 0 Å². The van der Waals surface area contributed by atoms with Crippen LogP contribution in [0.25, 0.3) is 0 Å². The zero-order valence-electron chi connectivity index (χ0n) is 10.7. The summed E-state index contributed by atoms with van der Waals surface area (Å²) in [6.07, 6.45) is -1.66. The van der Waals surface area contributed by atoms with Crippen molar-refractivity contribution in [3.63, 3.8) is 0 Å². The van der Waals surface area contributed by atoms with Crippen molar-refractivity contribution in [1.29, 1.82) is 0 Å². The highest BCUT2D eigenvalue weighted by atomic mass is 32.1. The molecule has 1 aromatic rings. The van der Waals surface area contributed by atoms with E-state index in [4.69, 9.17) is 4.74 Å². The molecule has 0 aliphatic heterocycles. The second-order valence-electron chi connectivity index (χ2n) is 3.23. The van der Waals surface area contributed by atoms with Crippen LogP contribution in [0, 0.1) is 11.8 Å². The first-order chi connectivity index (χ1) is 9.17. The maximum absolute atomic E-state index is 11.3. The number of carbonyl (C=O) groups is 2. The molecule has 5 nitrogen and oxygen atoms in total. The van der Waals surface area contributed by atoms with Crippen LogP contribution in [0.15, 0.2) is 16.8 Å². The highest BCUT2D eigenvalue weighted by Crippen LogP contribution is 2.20. The summed E-state index contributed by atoms with van der Waals surface area (Å²) in [6.45, 7) is 3.81. The zero-order chi connectivity index (χ0) is 14.1. The number of rotatable bonds is 4. The Kier molecular flexibility index (Phi) is 6.47. The van der Waals surface area contributed by atoms with Crippen LogP contribution in [0.2, 0.25) is 0 Å². The standard InChI is InChI=1S/C13H14O5S/c1-3-16-12(14)6-5-11(10-7-8-19-9-10)18-13(15)17-4-2/h7-9,11H,3-4H2,1-2H3. The fraction of sp³-hybridized carbons (Fsp3) is 0.385. The summed E-state index contributed by atoms with van der Waals surface area (Å²) in [5.41, 5.74) is 0.690. The van der Waals surface area contributed by atoms with Gasteiger partial charge in [-0.2, -0.15) is 11.3 Å². The van der Waals surface area contributed by atoms with Crippen molar-refractivity contribution < 1.29 is 23.8 Å². The van der Waals surface area contributed by atoms with Crippen LogP contribution in [0.1, 0.15) is 25.5 Å². The van der Waals surface area contributed by atoms with Crippen molar-refractivity contribution in [3.8, 4) is 11.8 Å². The Morgan fingerprint density at radius 3 is 2.63 bits per heavy atom. The van der Waals surface area contributed by atoms with Gasteiger partial charge in [-0.25, -0.2) is 9.59 Å². The summed E-state index contributed by atoms with van der Waals surface area (Å²) in [6, 6.07) is 1.76. The molecule has 1 unspecified atom stereocenters. The summed E-state index contributed by atoms with van der Waals surface area (Å²) in [4.78, 5) is 22.5. The topological polar surface area (TPSA) is 61.8 Å². The highest BCUT2D eigenvalue weighted by molar-refractivity contribution is 7.08. The molecule has 0 aliphatic carbocycles. The Labute approximate surface area is 115 Å². The van der Waals surface area contributed by atoms with Gasteiger partial charge in [-0.3, -0.25) is 0 Å². The molecule has 0 fully saturated rings. The first-order valence-corrected chi connectivity index (χ1v) is 6.65. The van der Waals surface area contributed by atoms with Gasteiger partial charge in [-0.05, 0) is 36.6 Å². The van der Waals surface area contributed by atoms with E-state index in [0.717, 1.165) is 0 Å². The van der Waals surface area contributed by atoms with Crippen molar-refractivity contribution >= 4 is 23.5 Å². The molecular formula is C13H14O5S. The molecule has 0 aliphatic rings. The van der Waals surface area contributed by atoms with Gasteiger partial charge in [-0.15, -0.1) is 0 Å². The molecule has 0 bridgehead atoms. The minimum absolute atomic E-state index is 0.209. The van der Waals surface area contributed by atoms with Gasteiger partial charge < -0.3 is 14.2 Å². The van der Waals surface area contributed by atoms with Crippen LogP contribution in [0.3, 0.4) is 0 Å². The van der Waals surface area contributed by atoms with E-state index in [0.29, 0.717) is 5.56 Å². The van der Waals surface area contributed by atoms with Crippen LogP contribution in [0.4, 0.5) is 4.79 Å². The summed E-state index contributed by atoms with van der Waals surface area (Å²) in [7, 11) is 0. The summed E-state index contributed by atoms with van der Waals surface area (Å²) < 4.78 is 14.4. The SMILES string of the molecule is CCOC(=O)C#CC(OC(=O)OCC)c1ccsc1. The van der Waals surface area contributed by atoms with Crippen molar-refractivity contribution in [1.82, 2.24) is 0 Å². The van der Waals surface area contributed by atoms with E-state index < -0.39 is 18.2 Å². The fourth-order valence-corrected chi connectivity index (χ4v) is 1.82. The lowest BCUT2D eigenvalue weighted by molar-refractivity contribution is -0.136. The Hall–Kier alpha value is -2.00. The van der Waals surface area contributed by atoms with Crippen LogP contribution >= 0.6 is 11.3 Å². The molecule has 19 heavy (non-hydrogen) atoms. The van der Waals surface area contributed by atoms with Gasteiger partial charge in [0, 0.05) is 11.5 Å². The van der Waals surface area contributed by atoms with E-state index in [1.807, 2.05) is 5.38 Å². The molecule has 0 amide bonds. The maximum Gasteiger partial charge on any atom is 0.509 e. The van der Waals surface area contributed by atoms with Crippen molar-refractivity contribution in [3.05, 3.63) is 22.4 Å². The largest absolute Gasteiger partial charge is 0.509 e. The summed E-state index contributed by atoms with van der Waals surface area (Å²) in [5.74, 6) is 4.18. The second kappa shape index (κ2) is 8.16. The summed E-state index contributed by atoms with van der Waals surface area (Å²) >= 11 is 1.44. The Bertz CT molecular complexity index is 469. The lowest BCUT2D eigenvalue weighted by Crippen LogP contribution is -2.12. The molecule has 6 heteroatoms. The van der Waals surface area contributed by atoms with Gasteiger partial charge in [-0.1, -0.05) is 0 Å². The molecule has 0 saturated heterocycles. The molecule has 0 radical (unpaired) electrons. The number of carbonyl (C=O) groups excluding carboxylic acids is 2. The molecule has 1 aromatic heterocycles.